The van der Waals surface area contributed by atoms with E-state index < -0.39 is 0 Å². The number of urea groups is 1. The maximum absolute atomic E-state index is 12.3. The number of benzene rings is 1. The molecule has 1 N–H and O–H groups in total. The molecule has 0 bridgehead atoms. The summed E-state index contributed by atoms with van der Waals surface area (Å²) in [5.41, 5.74) is 1.19. The average Bonchev–Trinajstić information content (AvgIpc) is 3.15. The standard InChI is InChI=1S/C19H25N3O3/c1-21(14-18-4-3-13-25-18)19(23)20-15-9-11-22(12-10-15)16-5-7-17(24-2)8-6-16/h3-8,13,15H,9-12,14H2,1-2H3,(H,20,23). The first-order valence-corrected chi connectivity index (χ1v) is 8.58. The highest BCUT2D eigenvalue weighted by Crippen LogP contribution is 2.23. The average molecular weight is 343 g/mol. The second kappa shape index (κ2) is 7.96. The summed E-state index contributed by atoms with van der Waals surface area (Å²) in [4.78, 5) is 16.3. The molecule has 1 aromatic heterocycles. The summed E-state index contributed by atoms with van der Waals surface area (Å²) in [5.74, 6) is 1.65. The molecule has 2 heterocycles. The summed E-state index contributed by atoms with van der Waals surface area (Å²) in [6.07, 6.45) is 3.49. The topological polar surface area (TPSA) is 58.0 Å². The van der Waals surface area contributed by atoms with Crippen LogP contribution in [0.25, 0.3) is 0 Å². The normalized spacial score (nSPS) is 15.0. The first kappa shape index (κ1) is 17.2. The molecule has 1 aliphatic heterocycles. The fourth-order valence-corrected chi connectivity index (χ4v) is 3.07. The Labute approximate surface area is 148 Å². The molecule has 0 unspecified atom stereocenters. The van der Waals surface area contributed by atoms with Crippen LogP contribution < -0.4 is 15.0 Å². The molecule has 0 saturated carbocycles. The quantitative estimate of drug-likeness (QED) is 0.906. The summed E-state index contributed by atoms with van der Waals surface area (Å²) < 4.78 is 10.5. The third-order valence-corrected chi connectivity index (χ3v) is 4.58. The summed E-state index contributed by atoms with van der Waals surface area (Å²) in [5, 5.41) is 3.12. The van der Waals surface area contributed by atoms with Gasteiger partial charge in [0.15, 0.2) is 0 Å². The number of methoxy groups -OCH3 is 1. The van der Waals surface area contributed by atoms with Crippen molar-refractivity contribution in [3.05, 3.63) is 48.4 Å². The van der Waals surface area contributed by atoms with Crippen molar-refractivity contribution < 1.29 is 13.9 Å². The predicted molar refractivity (Wildman–Crippen MR) is 96.9 cm³/mol. The zero-order valence-corrected chi connectivity index (χ0v) is 14.8. The van der Waals surface area contributed by atoms with Gasteiger partial charge in [0.1, 0.15) is 11.5 Å². The van der Waals surface area contributed by atoms with Crippen molar-refractivity contribution in [2.45, 2.75) is 25.4 Å². The molecule has 2 aromatic rings. The minimum absolute atomic E-state index is 0.0562. The van der Waals surface area contributed by atoms with Crippen LogP contribution in [0, 0.1) is 0 Å². The number of amides is 2. The molecular weight excluding hydrogens is 318 g/mol. The van der Waals surface area contributed by atoms with E-state index in [-0.39, 0.29) is 12.1 Å². The first-order valence-electron chi connectivity index (χ1n) is 8.58. The van der Waals surface area contributed by atoms with Gasteiger partial charge in [0.2, 0.25) is 0 Å². The molecular formula is C19H25N3O3. The third kappa shape index (κ3) is 4.47. The second-order valence-electron chi connectivity index (χ2n) is 6.34. The maximum atomic E-state index is 12.3. The fraction of sp³-hybridized carbons (Fsp3) is 0.421. The summed E-state index contributed by atoms with van der Waals surface area (Å²) in [6, 6.07) is 12.0. The minimum atomic E-state index is -0.0562. The molecule has 1 fully saturated rings. The highest BCUT2D eigenvalue weighted by molar-refractivity contribution is 5.74. The van der Waals surface area contributed by atoms with Crippen LogP contribution in [0.4, 0.5) is 10.5 Å². The monoisotopic (exact) mass is 343 g/mol. The number of nitrogens with zero attached hydrogens (tertiary/aromatic N) is 2. The van der Waals surface area contributed by atoms with Crippen molar-refractivity contribution in [2.24, 2.45) is 0 Å². The molecule has 0 aliphatic carbocycles. The van der Waals surface area contributed by atoms with Gasteiger partial charge in [-0.3, -0.25) is 0 Å². The van der Waals surface area contributed by atoms with Crippen molar-refractivity contribution >= 4 is 11.7 Å². The molecule has 1 aliphatic rings. The number of carbonyl (C=O) groups is 1. The van der Waals surface area contributed by atoms with Gasteiger partial charge >= 0.3 is 6.03 Å². The lowest BCUT2D eigenvalue weighted by atomic mass is 10.0. The van der Waals surface area contributed by atoms with Crippen molar-refractivity contribution in [2.75, 3.05) is 32.1 Å². The predicted octanol–water partition coefficient (Wildman–Crippen LogP) is 3.10. The number of carbonyl (C=O) groups excluding carboxylic acids is 1. The van der Waals surface area contributed by atoms with Crippen molar-refractivity contribution in [1.82, 2.24) is 10.2 Å². The Bertz CT molecular complexity index is 662. The van der Waals surface area contributed by atoms with Gasteiger partial charge in [-0.05, 0) is 49.2 Å². The van der Waals surface area contributed by atoms with E-state index in [9.17, 15) is 4.79 Å². The number of hydrogen-bond acceptors (Lipinski definition) is 4. The van der Waals surface area contributed by atoms with Crippen LogP contribution in [0.15, 0.2) is 47.1 Å². The van der Waals surface area contributed by atoms with Crippen molar-refractivity contribution in [1.29, 1.82) is 0 Å². The lowest BCUT2D eigenvalue weighted by Crippen LogP contribution is -2.48. The molecule has 0 atom stereocenters. The Hall–Kier alpha value is -2.63. The molecule has 6 nitrogen and oxygen atoms in total. The lowest BCUT2D eigenvalue weighted by Gasteiger charge is -2.34. The van der Waals surface area contributed by atoms with E-state index in [1.54, 1.807) is 25.3 Å². The Kier molecular flexibility index (Phi) is 5.48. The SMILES string of the molecule is COc1ccc(N2CCC(NC(=O)N(C)Cc3ccco3)CC2)cc1. The van der Waals surface area contributed by atoms with Crippen LogP contribution in [0.3, 0.4) is 0 Å². The van der Waals surface area contributed by atoms with Crippen LogP contribution in [0.2, 0.25) is 0 Å². The largest absolute Gasteiger partial charge is 0.497 e. The smallest absolute Gasteiger partial charge is 0.317 e. The van der Waals surface area contributed by atoms with E-state index in [0.29, 0.717) is 6.54 Å². The summed E-state index contributed by atoms with van der Waals surface area (Å²) >= 11 is 0. The molecule has 25 heavy (non-hydrogen) atoms. The van der Waals surface area contributed by atoms with E-state index in [4.69, 9.17) is 9.15 Å². The molecule has 0 spiro atoms. The van der Waals surface area contributed by atoms with E-state index in [1.807, 2.05) is 24.3 Å². The number of ether oxygens (including phenoxy) is 1. The van der Waals surface area contributed by atoms with Crippen molar-refractivity contribution in [3.63, 3.8) is 0 Å². The van der Waals surface area contributed by atoms with Gasteiger partial charge in [0, 0.05) is 31.9 Å². The minimum Gasteiger partial charge on any atom is -0.497 e. The lowest BCUT2D eigenvalue weighted by molar-refractivity contribution is 0.196. The molecule has 6 heteroatoms. The molecule has 134 valence electrons. The van der Waals surface area contributed by atoms with Gasteiger partial charge < -0.3 is 24.3 Å². The molecule has 0 radical (unpaired) electrons. The van der Waals surface area contributed by atoms with Gasteiger partial charge in [-0.2, -0.15) is 0 Å². The fourth-order valence-electron chi connectivity index (χ4n) is 3.07. The summed E-state index contributed by atoms with van der Waals surface area (Å²) in [7, 11) is 3.45. The van der Waals surface area contributed by atoms with Crippen LogP contribution >= 0.6 is 0 Å². The Morgan fingerprint density at radius 3 is 2.60 bits per heavy atom. The van der Waals surface area contributed by atoms with E-state index in [2.05, 4.69) is 22.3 Å². The van der Waals surface area contributed by atoms with Crippen LogP contribution in [0.5, 0.6) is 5.75 Å². The molecule has 1 saturated heterocycles. The van der Waals surface area contributed by atoms with Gasteiger partial charge in [0.05, 0.1) is 19.9 Å². The van der Waals surface area contributed by atoms with Crippen molar-refractivity contribution in [3.8, 4) is 5.75 Å². The van der Waals surface area contributed by atoms with Crippen LogP contribution in [0.1, 0.15) is 18.6 Å². The zero-order chi connectivity index (χ0) is 17.6. The molecule has 1 aromatic carbocycles. The Balaban J connectivity index is 1.46. The number of piperidine rings is 1. The number of anilines is 1. The molecule has 3 rings (SSSR count). The van der Waals surface area contributed by atoms with Crippen LogP contribution in [-0.4, -0.2) is 44.2 Å². The van der Waals surface area contributed by atoms with E-state index in [1.165, 1.54) is 5.69 Å². The van der Waals surface area contributed by atoms with Gasteiger partial charge in [-0.15, -0.1) is 0 Å². The summed E-state index contributed by atoms with van der Waals surface area (Å²) in [6.45, 7) is 2.34. The second-order valence-corrected chi connectivity index (χ2v) is 6.34. The van der Waals surface area contributed by atoms with Gasteiger partial charge in [0.25, 0.3) is 0 Å². The van der Waals surface area contributed by atoms with E-state index >= 15 is 0 Å². The number of hydrogen-bond donors (Lipinski definition) is 1. The highest BCUT2D eigenvalue weighted by Gasteiger charge is 2.22. The molecule has 2 amide bonds. The number of furan rings is 1. The number of nitrogens with one attached hydrogen (secondary N) is 1. The maximum Gasteiger partial charge on any atom is 0.317 e. The van der Waals surface area contributed by atoms with Gasteiger partial charge in [-0.1, -0.05) is 0 Å². The highest BCUT2D eigenvalue weighted by atomic mass is 16.5. The Morgan fingerprint density at radius 2 is 2.00 bits per heavy atom. The van der Waals surface area contributed by atoms with E-state index in [0.717, 1.165) is 37.4 Å². The number of rotatable bonds is 5. The zero-order valence-electron chi connectivity index (χ0n) is 14.8. The Morgan fingerprint density at radius 1 is 1.28 bits per heavy atom. The van der Waals surface area contributed by atoms with Crippen LogP contribution in [-0.2, 0) is 6.54 Å². The third-order valence-electron chi connectivity index (χ3n) is 4.58. The van der Waals surface area contributed by atoms with Gasteiger partial charge in [-0.25, -0.2) is 4.79 Å². The first-order chi connectivity index (χ1) is 12.2.